The first-order valence-corrected chi connectivity index (χ1v) is 8.96. The summed E-state index contributed by atoms with van der Waals surface area (Å²) in [5.74, 6) is -1.35. The lowest BCUT2D eigenvalue weighted by Crippen LogP contribution is -2.44. The molecule has 5 nitrogen and oxygen atoms in total. The lowest BCUT2D eigenvalue weighted by Gasteiger charge is -2.28. The van der Waals surface area contributed by atoms with Gasteiger partial charge in [0.15, 0.2) is 13.2 Å². The molecule has 1 aliphatic heterocycles. The molecule has 1 heterocycles. The third-order valence-electron chi connectivity index (χ3n) is 4.23. The Kier molecular flexibility index (Phi) is 7.61. The normalized spacial score (nSPS) is 17.7. The Morgan fingerprint density at radius 1 is 1.10 bits per heavy atom. The van der Waals surface area contributed by atoms with Gasteiger partial charge < -0.3 is 19.7 Å². The molecule has 0 aromatic heterocycles. The molecule has 11 heteroatoms. The second kappa shape index (κ2) is 9.55. The van der Waals surface area contributed by atoms with Gasteiger partial charge in [-0.25, -0.2) is 0 Å². The number of carbonyl (C=O) groups excluding carboxylic acids is 1. The van der Waals surface area contributed by atoms with E-state index in [1.807, 2.05) is 0 Å². The number of alkyl halides is 6. The van der Waals surface area contributed by atoms with Gasteiger partial charge in [0.2, 0.25) is 0 Å². The summed E-state index contributed by atoms with van der Waals surface area (Å²) in [5, 5.41) is 3.24. The van der Waals surface area contributed by atoms with Crippen molar-refractivity contribution in [3.63, 3.8) is 0 Å². The molecule has 0 bridgehead atoms. The Balaban J connectivity index is 2.19. The highest BCUT2D eigenvalue weighted by Crippen LogP contribution is 2.29. The smallest absolute Gasteiger partial charge is 0.422 e. The number of nitrogens with one attached hydrogen (secondary N) is 1. The average molecular weight is 428 g/mol. The van der Waals surface area contributed by atoms with Gasteiger partial charge in [-0.15, -0.1) is 0 Å². The van der Waals surface area contributed by atoms with E-state index in [2.05, 4.69) is 10.1 Å². The fraction of sp³-hybridized carbons (Fsp3) is 0.611. The number of rotatable bonds is 7. The lowest BCUT2D eigenvalue weighted by atomic mass is 10.0. The minimum atomic E-state index is -4.64. The van der Waals surface area contributed by atoms with Gasteiger partial charge in [0.1, 0.15) is 11.5 Å². The number of likely N-dealkylation sites (N-methyl/N-ethyl adjacent to an activating group) is 1. The van der Waals surface area contributed by atoms with Crippen LogP contribution in [-0.2, 0) is 0 Å². The Morgan fingerprint density at radius 3 is 2.34 bits per heavy atom. The largest absolute Gasteiger partial charge is 0.484 e. The predicted octanol–water partition coefficient (Wildman–Crippen LogP) is 3.78. The van der Waals surface area contributed by atoms with Gasteiger partial charge >= 0.3 is 12.4 Å². The van der Waals surface area contributed by atoms with Crippen LogP contribution in [0.4, 0.5) is 26.3 Å². The number of carbonyl (C=O) groups is 1. The average Bonchev–Trinajstić information content (AvgIpc) is 2.64. The summed E-state index contributed by atoms with van der Waals surface area (Å²) in [7, 11) is 1.47. The van der Waals surface area contributed by atoms with Crippen molar-refractivity contribution >= 4 is 5.91 Å². The molecule has 1 aliphatic rings. The maximum atomic E-state index is 12.8. The van der Waals surface area contributed by atoms with Gasteiger partial charge in [0.25, 0.3) is 5.91 Å². The van der Waals surface area contributed by atoms with E-state index >= 15 is 0 Å². The van der Waals surface area contributed by atoms with Crippen LogP contribution in [0.5, 0.6) is 11.5 Å². The third kappa shape index (κ3) is 8.00. The summed E-state index contributed by atoms with van der Waals surface area (Å²) in [6, 6.07) is 3.01. The highest BCUT2D eigenvalue weighted by molar-refractivity contribution is 5.97. The Morgan fingerprint density at radius 2 is 1.76 bits per heavy atom. The molecule has 0 spiro atoms. The number of amides is 1. The number of ether oxygens (including phenoxy) is 2. The number of hydrogen-bond donors (Lipinski definition) is 1. The SMILES string of the molecule is CN(CC1CCCCN1)C(=O)c1cc(OCC(F)(F)F)ccc1OCC(F)(F)F. The molecule has 0 aliphatic carbocycles. The zero-order chi connectivity index (χ0) is 21.7. The molecular formula is C18H22F6N2O3. The van der Waals surface area contributed by atoms with Gasteiger partial charge in [-0.3, -0.25) is 4.79 Å². The molecule has 29 heavy (non-hydrogen) atoms. The molecule has 2 rings (SSSR count). The zero-order valence-electron chi connectivity index (χ0n) is 15.7. The fourth-order valence-corrected chi connectivity index (χ4v) is 2.92. The minimum absolute atomic E-state index is 0.0295. The number of nitrogens with zero attached hydrogens (tertiary/aromatic N) is 1. The molecule has 1 unspecified atom stereocenters. The molecule has 1 fully saturated rings. The van der Waals surface area contributed by atoms with E-state index in [1.165, 1.54) is 11.9 Å². The van der Waals surface area contributed by atoms with Crippen molar-refractivity contribution in [2.24, 2.45) is 0 Å². The van der Waals surface area contributed by atoms with Crippen LogP contribution in [0.1, 0.15) is 29.6 Å². The van der Waals surface area contributed by atoms with Crippen molar-refractivity contribution in [2.45, 2.75) is 37.7 Å². The fourth-order valence-electron chi connectivity index (χ4n) is 2.92. The van der Waals surface area contributed by atoms with Crippen molar-refractivity contribution in [1.29, 1.82) is 0 Å². The van der Waals surface area contributed by atoms with Crippen LogP contribution in [-0.4, -0.2) is 62.6 Å². The first-order valence-electron chi connectivity index (χ1n) is 8.96. The molecule has 0 saturated carbocycles. The minimum Gasteiger partial charge on any atom is -0.484 e. The number of hydrogen-bond acceptors (Lipinski definition) is 4. The molecule has 0 radical (unpaired) electrons. The van der Waals surface area contributed by atoms with Crippen LogP contribution in [0, 0.1) is 0 Å². The standard InChI is InChI=1S/C18H22F6N2O3/c1-26(9-12-4-2-3-7-25-12)16(27)14-8-13(28-10-17(19,20)21)5-6-15(14)29-11-18(22,23)24/h5-6,8,12,25H,2-4,7,9-11H2,1H3. The summed E-state index contributed by atoms with van der Waals surface area (Å²) in [4.78, 5) is 14.1. The first kappa shape index (κ1) is 23.1. The molecule has 1 saturated heterocycles. The van der Waals surface area contributed by atoms with Gasteiger partial charge in [0, 0.05) is 19.6 Å². The lowest BCUT2D eigenvalue weighted by molar-refractivity contribution is -0.154. The topological polar surface area (TPSA) is 50.8 Å². The molecule has 1 N–H and O–H groups in total. The summed E-state index contributed by atoms with van der Waals surface area (Å²) >= 11 is 0. The van der Waals surface area contributed by atoms with Gasteiger partial charge in [0.05, 0.1) is 5.56 Å². The number of benzene rings is 1. The van der Waals surface area contributed by atoms with E-state index < -0.39 is 31.5 Å². The molecule has 1 aromatic carbocycles. The summed E-state index contributed by atoms with van der Waals surface area (Å²) in [6.07, 6.45) is -6.39. The third-order valence-corrected chi connectivity index (χ3v) is 4.23. The zero-order valence-corrected chi connectivity index (χ0v) is 15.7. The van der Waals surface area contributed by atoms with E-state index in [0.717, 1.165) is 44.0 Å². The Labute approximate surface area is 163 Å². The molecule has 1 amide bonds. The molecular weight excluding hydrogens is 406 g/mol. The van der Waals surface area contributed by atoms with Gasteiger partial charge in [-0.2, -0.15) is 26.3 Å². The van der Waals surface area contributed by atoms with Gasteiger partial charge in [-0.05, 0) is 37.6 Å². The molecule has 1 aromatic rings. The first-order chi connectivity index (χ1) is 13.4. The summed E-state index contributed by atoms with van der Waals surface area (Å²) < 4.78 is 83.9. The van der Waals surface area contributed by atoms with Gasteiger partial charge in [-0.1, -0.05) is 6.42 Å². The van der Waals surface area contributed by atoms with E-state index in [1.54, 1.807) is 0 Å². The second-order valence-electron chi connectivity index (χ2n) is 6.80. The molecule has 1 atom stereocenters. The maximum absolute atomic E-state index is 12.8. The van der Waals surface area contributed by atoms with E-state index in [-0.39, 0.29) is 23.1 Å². The maximum Gasteiger partial charge on any atom is 0.422 e. The highest BCUT2D eigenvalue weighted by atomic mass is 19.4. The van der Waals surface area contributed by atoms with Crippen molar-refractivity contribution < 1.29 is 40.6 Å². The van der Waals surface area contributed by atoms with Crippen LogP contribution in [0.15, 0.2) is 18.2 Å². The molecule has 164 valence electrons. The monoisotopic (exact) mass is 428 g/mol. The summed E-state index contributed by atoms with van der Waals surface area (Å²) in [6.45, 7) is -2.13. The van der Waals surface area contributed by atoms with E-state index in [0.29, 0.717) is 6.54 Å². The number of piperidine rings is 1. The highest BCUT2D eigenvalue weighted by Gasteiger charge is 2.31. The van der Waals surface area contributed by atoms with Crippen LogP contribution in [0.3, 0.4) is 0 Å². The van der Waals surface area contributed by atoms with E-state index in [4.69, 9.17) is 4.74 Å². The Hall–Kier alpha value is -2.17. The van der Waals surface area contributed by atoms with Crippen LogP contribution >= 0.6 is 0 Å². The van der Waals surface area contributed by atoms with Crippen LogP contribution < -0.4 is 14.8 Å². The van der Waals surface area contributed by atoms with Crippen LogP contribution in [0.25, 0.3) is 0 Å². The van der Waals surface area contributed by atoms with Crippen molar-refractivity contribution in [1.82, 2.24) is 10.2 Å². The van der Waals surface area contributed by atoms with Crippen LogP contribution in [0.2, 0.25) is 0 Å². The predicted molar refractivity (Wildman–Crippen MR) is 92.1 cm³/mol. The number of halogens is 6. The summed E-state index contributed by atoms with van der Waals surface area (Å²) in [5.41, 5.74) is -0.299. The van der Waals surface area contributed by atoms with Crippen molar-refractivity contribution in [3.05, 3.63) is 23.8 Å². The quantitative estimate of drug-likeness (QED) is 0.672. The Bertz CT molecular complexity index is 687. The van der Waals surface area contributed by atoms with Crippen molar-refractivity contribution in [3.8, 4) is 11.5 Å². The van der Waals surface area contributed by atoms with E-state index in [9.17, 15) is 31.1 Å². The van der Waals surface area contributed by atoms with Crippen molar-refractivity contribution in [2.75, 3.05) is 33.4 Å². The second-order valence-corrected chi connectivity index (χ2v) is 6.80.